The molecule has 7 nitrogen and oxygen atoms in total. The zero-order valence-electron chi connectivity index (χ0n) is 17.4. The first kappa shape index (κ1) is 20.4. The van der Waals surface area contributed by atoms with Gasteiger partial charge in [-0.25, -0.2) is 0 Å². The van der Waals surface area contributed by atoms with Crippen molar-refractivity contribution in [1.82, 2.24) is 15.4 Å². The number of nitrogens with zero attached hydrogens (tertiary/aromatic N) is 2. The van der Waals surface area contributed by atoms with Gasteiger partial charge < -0.3 is 19.2 Å². The van der Waals surface area contributed by atoms with Crippen LogP contribution in [-0.2, 0) is 17.8 Å². The molecule has 1 N–H and O–H groups in total. The Morgan fingerprint density at radius 1 is 1.06 bits per heavy atom. The number of carbonyl (C=O) groups excluding carboxylic acids is 2. The summed E-state index contributed by atoms with van der Waals surface area (Å²) in [6, 6.07) is 18.7. The van der Waals surface area contributed by atoms with Gasteiger partial charge in [-0.05, 0) is 6.07 Å². The van der Waals surface area contributed by atoms with Gasteiger partial charge in [0.1, 0.15) is 11.3 Å². The lowest BCUT2D eigenvalue weighted by Gasteiger charge is -2.17. The van der Waals surface area contributed by atoms with Gasteiger partial charge in [0.25, 0.3) is 5.91 Å². The molecule has 0 atom stereocenters. The van der Waals surface area contributed by atoms with Crippen LogP contribution in [0.4, 0.5) is 0 Å². The molecule has 0 unspecified atom stereocenters. The summed E-state index contributed by atoms with van der Waals surface area (Å²) >= 11 is 0. The molecule has 4 rings (SSSR count). The van der Waals surface area contributed by atoms with Crippen LogP contribution >= 0.6 is 0 Å². The van der Waals surface area contributed by atoms with Gasteiger partial charge >= 0.3 is 0 Å². The van der Waals surface area contributed by atoms with E-state index in [4.69, 9.17) is 8.94 Å². The third-order valence-corrected chi connectivity index (χ3v) is 5.13. The number of benzene rings is 2. The Kier molecular flexibility index (Phi) is 5.84. The molecule has 4 aromatic rings. The van der Waals surface area contributed by atoms with E-state index < -0.39 is 5.91 Å². The van der Waals surface area contributed by atoms with Crippen LogP contribution in [0.25, 0.3) is 22.3 Å². The number of fused-ring (bicyclic) bond motifs is 1. The second kappa shape index (κ2) is 8.87. The molecule has 158 valence electrons. The Morgan fingerprint density at radius 3 is 2.58 bits per heavy atom. The Morgan fingerprint density at radius 2 is 1.81 bits per heavy atom. The molecular formula is C24H23N3O4. The Labute approximate surface area is 179 Å². The summed E-state index contributed by atoms with van der Waals surface area (Å²) in [4.78, 5) is 26.6. The van der Waals surface area contributed by atoms with Crippen molar-refractivity contribution in [3.8, 4) is 11.3 Å². The molecule has 0 saturated carbocycles. The number of hydrogen-bond donors (Lipinski definition) is 1. The van der Waals surface area contributed by atoms with Crippen LogP contribution in [0.2, 0.25) is 0 Å². The number of rotatable bonds is 7. The molecule has 0 aliphatic carbocycles. The van der Waals surface area contributed by atoms with Crippen LogP contribution in [0.1, 0.15) is 28.7 Å². The maximum absolute atomic E-state index is 12.6. The Bertz CT molecular complexity index is 1210. The number of likely N-dealkylation sites (N-methyl/N-ethyl adjacent to an activating group) is 1. The van der Waals surface area contributed by atoms with Gasteiger partial charge in [0, 0.05) is 42.6 Å². The quantitative estimate of drug-likeness (QED) is 0.490. The van der Waals surface area contributed by atoms with Crippen LogP contribution in [0.3, 0.4) is 0 Å². The van der Waals surface area contributed by atoms with Crippen LogP contribution in [-0.4, -0.2) is 35.5 Å². The van der Waals surface area contributed by atoms with Crippen molar-refractivity contribution in [3.05, 3.63) is 77.7 Å². The lowest BCUT2D eigenvalue weighted by Crippen LogP contribution is -2.38. The largest absolute Gasteiger partial charge is 0.461 e. The van der Waals surface area contributed by atoms with E-state index in [0.717, 1.165) is 34.3 Å². The van der Waals surface area contributed by atoms with Gasteiger partial charge in [0.05, 0.1) is 6.54 Å². The van der Waals surface area contributed by atoms with Crippen molar-refractivity contribution < 1.29 is 18.5 Å². The predicted octanol–water partition coefficient (Wildman–Crippen LogP) is 4.04. The van der Waals surface area contributed by atoms with Gasteiger partial charge in [0.15, 0.2) is 11.5 Å². The van der Waals surface area contributed by atoms with Crippen LogP contribution in [0, 0.1) is 0 Å². The topological polar surface area (TPSA) is 88.6 Å². The average Bonchev–Trinajstić information content (AvgIpc) is 3.43. The van der Waals surface area contributed by atoms with Gasteiger partial charge in [-0.15, -0.1) is 0 Å². The molecule has 0 saturated heterocycles. The first-order valence-electron chi connectivity index (χ1n) is 10.1. The maximum Gasteiger partial charge on any atom is 0.273 e. The third-order valence-electron chi connectivity index (χ3n) is 5.13. The molecule has 0 aliphatic heterocycles. The van der Waals surface area contributed by atoms with Gasteiger partial charge in [0.2, 0.25) is 5.91 Å². The number of hydrogen-bond acceptors (Lipinski definition) is 5. The summed E-state index contributed by atoms with van der Waals surface area (Å²) in [6.07, 6.45) is 0.735. The van der Waals surface area contributed by atoms with E-state index in [1.807, 2.05) is 61.5 Å². The standard InChI is InChI=1S/C24H23N3O4/c1-3-20-18(17-11-7-8-12-21(17)30-20)15-27(2)23(28)14-25-24(29)19-13-22(31-26-19)16-9-5-4-6-10-16/h4-13H,3,14-15H2,1-2H3,(H,25,29). The highest BCUT2D eigenvalue weighted by Crippen LogP contribution is 2.27. The molecular weight excluding hydrogens is 394 g/mol. The fraction of sp³-hybridized carbons (Fsp3) is 0.208. The number of furan rings is 1. The number of carbonyl (C=O) groups is 2. The lowest BCUT2D eigenvalue weighted by atomic mass is 10.1. The van der Waals surface area contributed by atoms with Crippen LogP contribution in [0.15, 0.2) is 69.6 Å². The highest BCUT2D eigenvalue weighted by Gasteiger charge is 2.19. The zero-order chi connectivity index (χ0) is 21.8. The minimum Gasteiger partial charge on any atom is -0.461 e. The van der Waals surface area contributed by atoms with Crippen molar-refractivity contribution in [3.63, 3.8) is 0 Å². The first-order chi connectivity index (χ1) is 15.1. The highest BCUT2D eigenvalue weighted by molar-refractivity contribution is 5.95. The van der Waals surface area contributed by atoms with E-state index in [0.29, 0.717) is 12.3 Å². The smallest absolute Gasteiger partial charge is 0.273 e. The molecule has 0 radical (unpaired) electrons. The van der Waals surface area contributed by atoms with E-state index in [9.17, 15) is 9.59 Å². The number of aromatic nitrogens is 1. The van der Waals surface area contributed by atoms with Crippen molar-refractivity contribution in [2.24, 2.45) is 0 Å². The number of aryl methyl sites for hydroxylation is 1. The highest BCUT2D eigenvalue weighted by atomic mass is 16.5. The summed E-state index contributed by atoms with van der Waals surface area (Å²) in [6.45, 7) is 2.28. The van der Waals surface area contributed by atoms with E-state index in [-0.39, 0.29) is 18.1 Å². The SMILES string of the molecule is CCc1oc2ccccc2c1CN(C)C(=O)CNC(=O)c1cc(-c2ccccc2)on1. The first-order valence-corrected chi connectivity index (χ1v) is 10.1. The average molecular weight is 417 g/mol. The summed E-state index contributed by atoms with van der Waals surface area (Å²) in [5.74, 6) is 0.678. The number of para-hydroxylation sites is 1. The van der Waals surface area contributed by atoms with E-state index in [2.05, 4.69) is 10.5 Å². The maximum atomic E-state index is 12.6. The predicted molar refractivity (Wildman–Crippen MR) is 116 cm³/mol. The van der Waals surface area contributed by atoms with Crippen molar-refractivity contribution in [2.75, 3.05) is 13.6 Å². The molecule has 0 spiro atoms. The van der Waals surface area contributed by atoms with Gasteiger partial charge in [-0.2, -0.15) is 0 Å². The van der Waals surface area contributed by atoms with Crippen LogP contribution in [0.5, 0.6) is 0 Å². The molecule has 2 aromatic heterocycles. The van der Waals surface area contributed by atoms with E-state index in [1.165, 1.54) is 0 Å². The second-order valence-electron chi connectivity index (χ2n) is 7.23. The molecule has 0 aliphatic rings. The van der Waals surface area contributed by atoms with Crippen molar-refractivity contribution >= 4 is 22.8 Å². The Balaban J connectivity index is 1.38. The molecule has 31 heavy (non-hydrogen) atoms. The zero-order valence-corrected chi connectivity index (χ0v) is 17.4. The van der Waals surface area contributed by atoms with Crippen LogP contribution < -0.4 is 5.32 Å². The number of amides is 2. The fourth-order valence-electron chi connectivity index (χ4n) is 3.44. The third kappa shape index (κ3) is 4.35. The summed E-state index contributed by atoms with van der Waals surface area (Å²) in [7, 11) is 1.71. The molecule has 0 bridgehead atoms. The molecule has 7 heteroatoms. The fourth-order valence-corrected chi connectivity index (χ4v) is 3.44. The van der Waals surface area contributed by atoms with E-state index >= 15 is 0 Å². The van der Waals surface area contributed by atoms with Crippen molar-refractivity contribution in [2.45, 2.75) is 19.9 Å². The molecule has 2 aromatic carbocycles. The number of nitrogens with one attached hydrogen (secondary N) is 1. The molecule has 2 amide bonds. The lowest BCUT2D eigenvalue weighted by molar-refractivity contribution is -0.129. The summed E-state index contributed by atoms with van der Waals surface area (Å²) in [5, 5.41) is 7.42. The monoisotopic (exact) mass is 417 g/mol. The van der Waals surface area contributed by atoms with Crippen molar-refractivity contribution in [1.29, 1.82) is 0 Å². The second-order valence-corrected chi connectivity index (χ2v) is 7.23. The minimum absolute atomic E-state index is 0.128. The molecule has 2 heterocycles. The Hall–Kier alpha value is -3.87. The summed E-state index contributed by atoms with van der Waals surface area (Å²) < 4.78 is 11.1. The summed E-state index contributed by atoms with van der Waals surface area (Å²) in [5.41, 5.74) is 2.75. The minimum atomic E-state index is -0.462. The normalized spacial score (nSPS) is 10.9. The molecule has 0 fully saturated rings. The van der Waals surface area contributed by atoms with E-state index in [1.54, 1.807) is 18.0 Å². The van der Waals surface area contributed by atoms with Gasteiger partial charge in [-0.3, -0.25) is 9.59 Å². The van der Waals surface area contributed by atoms with Gasteiger partial charge in [-0.1, -0.05) is 60.6 Å².